The first-order valence-electron chi connectivity index (χ1n) is 6.31. The molecule has 1 atom stereocenters. The fourth-order valence-electron chi connectivity index (χ4n) is 2.90. The zero-order valence-electron chi connectivity index (χ0n) is 9.98. The van der Waals surface area contributed by atoms with Crippen LogP contribution in [0.1, 0.15) is 22.9 Å². The Bertz CT molecular complexity index is 712. The van der Waals surface area contributed by atoms with Crippen molar-refractivity contribution in [3.05, 3.63) is 71.5 Å². The SMILES string of the molecule is c1ccc2c(c1)CNC2c1[nH]cc2ccccc12. The molecule has 0 saturated carbocycles. The molecular weight excluding hydrogens is 220 g/mol. The summed E-state index contributed by atoms with van der Waals surface area (Å²) in [5.74, 6) is 0. The second kappa shape index (κ2) is 3.72. The quantitative estimate of drug-likeness (QED) is 0.664. The van der Waals surface area contributed by atoms with E-state index in [2.05, 4.69) is 65.0 Å². The highest BCUT2D eigenvalue weighted by Crippen LogP contribution is 2.33. The summed E-state index contributed by atoms with van der Waals surface area (Å²) >= 11 is 0. The van der Waals surface area contributed by atoms with Crippen LogP contribution in [0, 0.1) is 0 Å². The van der Waals surface area contributed by atoms with Gasteiger partial charge < -0.3 is 10.3 Å². The molecule has 1 aromatic heterocycles. The van der Waals surface area contributed by atoms with E-state index in [0.29, 0.717) is 6.04 Å². The van der Waals surface area contributed by atoms with Gasteiger partial charge in [-0.1, -0.05) is 48.5 Å². The Morgan fingerprint density at radius 3 is 2.78 bits per heavy atom. The van der Waals surface area contributed by atoms with Crippen molar-refractivity contribution in [2.45, 2.75) is 12.6 Å². The molecule has 2 heteroatoms. The van der Waals surface area contributed by atoms with Crippen molar-refractivity contribution in [1.29, 1.82) is 0 Å². The van der Waals surface area contributed by atoms with Crippen LogP contribution in [0.2, 0.25) is 0 Å². The van der Waals surface area contributed by atoms with Crippen LogP contribution >= 0.6 is 0 Å². The predicted octanol–water partition coefficient (Wildman–Crippen LogP) is 3.36. The third kappa shape index (κ3) is 1.33. The zero-order valence-corrected chi connectivity index (χ0v) is 9.98. The van der Waals surface area contributed by atoms with Crippen molar-refractivity contribution in [3.63, 3.8) is 0 Å². The average Bonchev–Trinajstić information content (AvgIpc) is 3.01. The van der Waals surface area contributed by atoms with Crippen LogP contribution in [0.15, 0.2) is 54.7 Å². The Balaban J connectivity index is 1.90. The first-order chi connectivity index (χ1) is 8.93. The van der Waals surface area contributed by atoms with Gasteiger partial charge in [-0.2, -0.15) is 0 Å². The number of aromatic nitrogens is 1. The molecule has 2 nitrogen and oxygen atoms in total. The lowest BCUT2D eigenvalue weighted by Gasteiger charge is -2.11. The molecule has 0 amide bonds. The standard InChI is InChI=1S/C16H14N2/c1-3-7-13-11(5-1)9-17-15(13)16-14-8-4-2-6-12(14)10-18-16/h1-9,16-18H,10H2. The van der Waals surface area contributed by atoms with E-state index in [9.17, 15) is 0 Å². The number of fused-ring (bicyclic) bond motifs is 2. The van der Waals surface area contributed by atoms with Gasteiger partial charge in [0.25, 0.3) is 0 Å². The maximum absolute atomic E-state index is 3.59. The Kier molecular flexibility index (Phi) is 2.05. The highest BCUT2D eigenvalue weighted by molar-refractivity contribution is 5.86. The van der Waals surface area contributed by atoms with Crippen molar-refractivity contribution < 1.29 is 0 Å². The number of H-pyrrole nitrogens is 1. The topological polar surface area (TPSA) is 27.8 Å². The van der Waals surface area contributed by atoms with E-state index >= 15 is 0 Å². The van der Waals surface area contributed by atoms with Crippen molar-refractivity contribution in [2.24, 2.45) is 0 Å². The van der Waals surface area contributed by atoms with Gasteiger partial charge in [-0.15, -0.1) is 0 Å². The number of hydrogen-bond acceptors (Lipinski definition) is 1. The number of aromatic amines is 1. The van der Waals surface area contributed by atoms with E-state index in [-0.39, 0.29) is 0 Å². The number of rotatable bonds is 1. The minimum atomic E-state index is 0.293. The third-order valence-electron chi connectivity index (χ3n) is 3.79. The summed E-state index contributed by atoms with van der Waals surface area (Å²) in [5.41, 5.74) is 4.07. The van der Waals surface area contributed by atoms with Gasteiger partial charge >= 0.3 is 0 Å². The van der Waals surface area contributed by atoms with E-state index in [1.807, 2.05) is 0 Å². The largest absolute Gasteiger partial charge is 0.362 e. The lowest BCUT2D eigenvalue weighted by Crippen LogP contribution is -2.13. The molecule has 3 aromatic rings. The van der Waals surface area contributed by atoms with Gasteiger partial charge in [0, 0.05) is 23.8 Å². The molecule has 1 aliphatic rings. The van der Waals surface area contributed by atoms with Gasteiger partial charge in [-0.3, -0.25) is 0 Å². The van der Waals surface area contributed by atoms with Crippen molar-refractivity contribution in [1.82, 2.24) is 10.3 Å². The van der Waals surface area contributed by atoms with Gasteiger partial charge in [0.05, 0.1) is 6.04 Å². The smallest absolute Gasteiger partial charge is 0.0741 e. The molecule has 0 saturated heterocycles. The van der Waals surface area contributed by atoms with Gasteiger partial charge in [0.15, 0.2) is 0 Å². The summed E-state index contributed by atoms with van der Waals surface area (Å²) in [5, 5.41) is 6.17. The van der Waals surface area contributed by atoms with Crippen LogP contribution in [0.5, 0.6) is 0 Å². The van der Waals surface area contributed by atoms with E-state index in [1.54, 1.807) is 0 Å². The summed E-state index contributed by atoms with van der Waals surface area (Å²) in [4.78, 5) is 3.43. The molecule has 2 aromatic carbocycles. The molecule has 0 spiro atoms. The fraction of sp³-hybridized carbons (Fsp3) is 0.125. The lowest BCUT2D eigenvalue weighted by atomic mass is 10.0. The number of benzene rings is 2. The second-order valence-corrected chi connectivity index (χ2v) is 4.80. The first kappa shape index (κ1) is 9.92. The molecule has 2 heterocycles. The molecule has 0 bridgehead atoms. The number of nitrogens with one attached hydrogen (secondary N) is 2. The summed E-state index contributed by atoms with van der Waals surface area (Å²) in [6, 6.07) is 17.4. The van der Waals surface area contributed by atoms with Crippen LogP contribution in [0.25, 0.3) is 10.8 Å². The van der Waals surface area contributed by atoms with Crippen LogP contribution in [-0.4, -0.2) is 4.98 Å². The maximum atomic E-state index is 3.59. The normalized spacial score (nSPS) is 18.1. The molecule has 0 radical (unpaired) electrons. The maximum Gasteiger partial charge on any atom is 0.0741 e. The molecule has 88 valence electrons. The molecular formula is C16H14N2. The van der Waals surface area contributed by atoms with Crippen LogP contribution < -0.4 is 5.32 Å². The van der Waals surface area contributed by atoms with Gasteiger partial charge in [-0.05, 0) is 16.5 Å². The van der Waals surface area contributed by atoms with Crippen LogP contribution in [0.3, 0.4) is 0 Å². The summed E-state index contributed by atoms with van der Waals surface area (Å²) < 4.78 is 0. The zero-order chi connectivity index (χ0) is 11.9. The molecule has 4 rings (SSSR count). The van der Waals surface area contributed by atoms with Crippen molar-refractivity contribution >= 4 is 10.8 Å². The molecule has 1 aliphatic heterocycles. The second-order valence-electron chi connectivity index (χ2n) is 4.80. The Morgan fingerprint density at radius 1 is 0.944 bits per heavy atom. The minimum Gasteiger partial charge on any atom is -0.362 e. The lowest BCUT2D eigenvalue weighted by molar-refractivity contribution is 0.657. The summed E-state index contributed by atoms with van der Waals surface area (Å²) in [7, 11) is 0. The van der Waals surface area contributed by atoms with Crippen molar-refractivity contribution in [3.8, 4) is 0 Å². The number of hydrogen-bond donors (Lipinski definition) is 2. The Morgan fingerprint density at radius 2 is 1.78 bits per heavy atom. The Hall–Kier alpha value is -2.06. The fourth-order valence-corrected chi connectivity index (χ4v) is 2.90. The highest BCUT2D eigenvalue weighted by atomic mass is 15.0. The molecule has 18 heavy (non-hydrogen) atoms. The van der Waals surface area contributed by atoms with E-state index in [0.717, 1.165) is 6.54 Å². The van der Waals surface area contributed by atoms with E-state index in [1.165, 1.54) is 27.6 Å². The van der Waals surface area contributed by atoms with Crippen molar-refractivity contribution in [2.75, 3.05) is 0 Å². The highest BCUT2D eigenvalue weighted by Gasteiger charge is 2.24. The van der Waals surface area contributed by atoms with Crippen LogP contribution in [-0.2, 0) is 6.54 Å². The summed E-state index contributed by atoms with van der Waals surface area (Å²) in [6.07, 6.45) is 2.09. The molecule has 0 aliphatic carbocycles. The van der Waals surface area contributed by atoms with Crippen LogP contribution in [0.4, 0.5) is 0 Å². The van der Waals surface area contributed by atoms with Gasteiger partial charge in [0.2, 0.25) is 0 Å². The molecule has 2 N–H and O–H groups in total. The monoisotopic (exact) mass is 234 g/mol. The van der Waals surface area contributed by atoms with E-state index in [4.69, 9.17) is 0 Å². The summed E-state index contributed by atoms with van der Waals surface area (Å²) in [6.45, 7) is 0.953. The van der Waals surface area contributed by atoms with E-state index < -0.39 is 0 Å². The third-order valence-corrected chi connectivity index (χ3v) is 3.79. The minimum absolute atomic E-state index is 0.293. The van der Waals surface area contributed by atoms with Gasteiger partial charge in [0.1, 0.15) is 0 Å². The molecule has 1 unspecified atom stereocenters. The predicted molar refractivity (Wildman–Crippen MR) is 73.4 cm³/mol. The molecule has 0 fully saturated rings. The average molecular weight is 234 g/mol. The Labute approximate surface area is 106 Å². The first-order valence-corrected chi connectivity index (χ1v) is 6.31. The van der Waals surface area contributed by atoms with Gasteiger partial charge in [-0.25, -0.2) is 0 Å².